The summed E-state index contributed by atoms with van der Waals surface area (Å²) < 4.78 is 10.2. The second-order valence-electron chi connectivity index (χ2n) is 5.38. The van der Waals surface area contributed by atoms with Gasteiger partial charge < -0.3 is 25.4 Å². The Morgan fingerprint density at radius 1 is 0.893 bits per heavy atom. The van der Waals surface area contributed by atoms with Crippen LogP contribution < -0.4 is 25.4 Å². The van der Waals surface area contributed by atoms with E-state index in [2.05, 4.69) is 16.0 Å². The van der Waals surface area contributed by atoms with Crippen LogP contribution in [0.3, 0.4) is 0 Å². The molecule has 0 saturated heterocycles. The van der Waals surface area contributed by atoms with Crippen LogP contribution in [0.15, 0.2) is 36.4 Å². The van der Waals surface area contributed by atoms with Crippen molar-refractivity contribution in [2.24, 2.45) is 0 Å². The van der Waals surface area contributed by atoms with Crippen LogP contribution in [0.25, 0.3) is 0 Å². The van der Waals surface area contributed by atoms with Gasteiger partial charge in [-0.2, -0.15) is 0 Å². The molecule has 0 aliphatic rings. The van der Waals surface area contributed by atoms with Gasteiger partial charge in [0.1, 0.15) is 11.5 Å². The minimum atomic E-state index is -0.987. The molecule has 0 aliphatic carbocycles. The fourth-order valence-corrected chi connectivity index (χ4v) is 2.41. The molecule has 3 amide bonds. The van der Waals surface area contributed by atoms with E-state index in [9.17, 15) is 14.4 Å². The Labute approximate surface area is 171 Å². The number of hydrogen-bond donors (Lipinski definition) is 3. The van der Waals surface area contributed by atoms with Gasteiger partial charge in [0.05, 0.1) is 36.5 Å². The van der Waals surface area contributed by atoms with Crippen LogP contribution in [0.5, 0.6) is 11.5 Å². The highest BCUT2D eigenvalue weighted by atomic mass is 35.5. The van der Waals surface area contributed by atoms with Crippen molar-refractivity contribution in [3.8, 4) is 11.5 Å². The lowest BCUT2D eigenvalue weighted by Gasteiger charge is -2.12. The highest BCUT2D eigenvalue weighted by Crippen LogP contribution is 2.28. The Kier molecular flexibility index (Phi) is 7.48. The number of hydrogen-bond acceptors (Lipinski definition) is 5. The Morgan fingerprint density at radius 2 is 1.64 bits per heavy atom. The van der Waals surface area contributed by atoms with Gasteiger partial charge in [-0.1, -0.05) is 23.2 Å². The SMILES string of the molecule is COc1ccc(OC)c(NC(=O)CNC(=O)C(=O)Nc2ccc(Cl)c(Cl)c2)c1. The first-order chi connectivity index (χ1) is 13.3. The first-order valence-corrected chi connectivity index (χ1v) is 8.65. The smallest absolute Gasteiger partial charge is 0.313 e. The topological polar surface area (TPSA) is 106 Å². The van der Waals surface area contributed by atoms with Gasteiger partial charge in [-0.3, -0.25) is 14.4 Å². The van der Waals surface area contributed by atoms with Crippen molar-refractivity contribution in [2.75, 3.05) is 31.4 Å². The number of carbonyl (C=O) groups excluding carboxylic acids is 3. The lowest BCUT2D eigenvalue weighted by Crippen LogP contribution is -2.39. The Morgan fingerprint density at radius 3 is 2.29 bits per heavy atom. The number of carbonyl (C=O) groups is 3. The van der Waals surface area contributed by atoms with Crippen molar-refractivity contribution in [3.05, 3.63) is 46.4 Å². The predicted octanol–water partition coefficient (Wildman–Crippen LogP) is 2.70. The molecule has 0 spiro atoms. The third-order valence-corrected chi connectivity index (χ3v) is 4.21. The van der Waals surface area contributed by atoms with E-state index in [1.54, 1.807) is 18.2 Å². The van der Waals surface area contributed by atoms with E-state index in [1.807, 2.05) is 0 Å². The number of halogens is 2. The van der Waals surface area contributed by atoms with E-state index >= 15 is 0 Å². The fraction of sp³-hybridized carbons (Fsp3) is 0.167. The number of rotatable bonds is 6. The minimum absolute atomic E-state index is 0.228. The molecule has 0 heterocycles. The number of methoxy groups -OCH3 is 2. The van der Waals surface area contributed by atoms with Gasteiger partial charge in [-0.05, 0) is 30.3 Å². The van der Waals surface area contributed by atoms with Crippen molar-refractivity contribution in [2.45, 2.75) is 0 Å². The molecule has 148 valence electrons. The van der Waals surface area contributed by atoms with Crippen molar-refractivity contribution >= 4 is 52.3 Å². The number of ether oxygens (including phenoxy) is 2. The molecule has 0 fully saturated rings. The molecule has 8 nitrogen and oxygen atoms in total. The van der Waals surface area contributed by atoms with Crippen LogP contribution in [0.2, 0.25) is 10.0 Å². The van der Waals surface area contributed by atoms with Crippen molar-refractivity contribution in [1.29, 1.82) is 0 Å². The summed E-state index contributed by atoms with van der Waals surface area (Å²) >= 11 is 11.6. The molecule has 28 heavy (non-hydrogen) atoms. The average Bonchev–Trinajstić information content (AvgIpc) is 2.68. The molecule has 0 radical (unpaired) electrons. The minimum Gasteiger partial charge on any atom is -0.497 e. The zero-order valence-corrected chi connectivity index (χ0v) is 16.5. The molecule has 0 atom stereocenters. The summed E-state index contributed by atoms with van der Waals surface area (Å²) in [6, 6.07) is 9.22. The molecule has 0 saturated carbocycles. The fourth-order valence-electron chi connectivity index (χ4n) is 2.11. The van der Waals surface area contributed by atoms with E-state index in [4.69, 9.17) is 32.7 Å². The van der Waals surface area contributed by atoms with Gasteiger partial charge >= 0.3 is 11.8 Å². The van der Waals surface area contributed by atoms with Gasteiger partial charge in [-0.25, -0.2) is 0 Å². The van der Waals surface area contributed by atoms with Crippen molar-refractivity contribution in [1.82, 2.24) is 5.32 Å². The highest BCUT2D eigenvalue weighted by molar-refractivity contribution is 6.43. The number of anilines is 2. The monoisotopic (exact) mass is 425 g/mol. The maximum Gasteiger partial charge on any atom is 0.313 e. The van der Waals surface area contributed by atoms with Gasteiger partial charge in [0.15, 0.2) is 0 Å². The average molecular weight is 426 g/mol. The summed E-state index contributed by atoms with van der Waals surface area (Å²) in [5, 5.41) is 7.69. The van der Waals surface area contributed by atoms with Crippen LogP contribution in [-0.4, -0.2) is 38.5 Å². The van der Waals surface area contributed by atoms with E-state index in [-0.39, 0.29) is 5.02 Å². The summed E-state index contributed by atoms with van der Waals surface area (Å²) in [6.45, 7) is -0.423. The summed E-state index contributed by atoms with van der Waals surface area (Å²) in [5.74, 6) is -1.56. The standard InChI is InChI=1S/C18H17Cl2N3O5/c1-27-11-4-6-15(28-2)14(8-11)23-16(24)9-21-17(25)18(26)22-10-3-5-12(19)13(20)7-10/h3-8H,9H2,1-2H3,(H,21,25)(H,22,26)(H,23,24). The highest BCUT2D eigenvalue weighted by Gasteiger charge is 2.16. The quantitative estimate of drug-likeness (QED) is 0.616. The Hall–Kier alpha value is -2.97. The molecular formula is C18H17Cl2N3O5. The molecule has 2 aromatic rings. The third-order valence-electron chi connectivity index (χ3n) is 3.47. The van der Waals surface area contributed by atoms with Crippen LogP contribution in [0, 0.1) is 0 Å². The molecule has 0 unspecified atom stereocenters. The van der Waals surface area contributed by atoms with Gasteiger partial charge in [-0.15, -0.1) is 0 Å². The van der Waals surface area contributed by atoms with Crippen molar-refractivity contribution in [3.63, 3.8) is 0 Å². The zero-order chi connectivity index (χ0) is 20.7. The van der Waals surface area contributed by atoms with E-state index < -0.39 is 24.3 Å². The summed E-state index contributed by atoms with van der Waals surface area (Å²) in [6.07, 6.45) is 0. The number of amides is 3. The second-order valence-corrected chi connectivity index (χ2v) is 6.19. The molecule has 0 aromatic heterocycles. The van der Waals surface area contributed by atoms with Crippen LogP contribution >= 0.6 is 23.2 Å². The zero-order valence-electron chi connectivity index (χ0n) is 15.0. The normalized spacial score (nSPS) is 10.0. The maximum absolute atomic E-state index is 12.1. The molecule has 10 heteroatoms. The summed E-state index contributed by atoms with van der Waals surface area (Å²) in [7, 11) is 2.94. The molecular weight excluding hydrogens is 409 g/mol. The summed E-state index contributed by atoms with van der Waals surface area (Å²) in [5.41, 5.74) is 0.654. The Balaban J connectivity index is 1.90. The first kappa shape index (κ1) is 21.3. The maximum atomic E-state index is 12.1. The van der Waals surface area contributed by atoms with Gasteiger partial charge in [0.25, 0.3) is 0 Å². The third kappa shape index (κ3) is 5.77. The van der Waals surface area contributed by atoms with Crippen LogP contribution in [0.4, 0.5) is 11.4 Å². The lowest BCUT2D eigenvalue weighted by molar-refractivity contribution is -0.136. The Bertz CT molecular complexity index is 905. The van der Waals surface area contributed by atoms with Gasteiger partial charge in [0.2, 0.25) is 5.91 Å². The lowest BCUT2D eigenvalue weighted by atomic mass is 10.2. The largest absolute Gasteiger partial charge is 0.497 e. The number of nitrogens with one attached hydrogen (secondary N) is 3. The first-order valence-electron chi connectivity index (χ1n) is 7.90. The van der Waals surface area contributed by atoms with E-state index in [0.29, 0.717) is 27.9 Å². The summed E-state index contributed by atoms with van der Waals surface area (Å²) in [4.78, 5) is 35.8. The van der Waals surface area contributed by atoms with Crippen molar-refractivity contribution < 1.29 is 23.9 Å². The molecule has 0 aliphatic heterocycles. The predicted molar refractivity (Wildman–Crippen MR) is 106 cm³/mol. The number of benzene rings is 2. The molecule has 2 rings (SSSR count). The second kappa shape index (κ2) is 9.82. The van der Waals surface area contributed by atoms with E-state index in [0.717, 1.165) is 0 Å². The van der Waals surface area contributed by atoms with Gasteiger partial charge in [0, 0.05) is 11.8 Å². The van der Waals surface area contributed by atoms with E-state index in [1.165, 1.54) is 32.4 Å². The van der Waals surface area contributed by atoms with Crippen LogP contribution in [-0.2, 0) is 14.4 Å². The molecule has 3 N–H and O–H groups in total. The molecule has 2 aromatic carbocycles. The molecule has 0 bridgehead atoms. The van der Waals surface area contributed by atoms with Crippen LogP contribution in [0.1, 0.15) is 0 Å².